The first-order chi connectivity index (χ1) is 13.8. The Morgan fingerprint density at radius 1 is 0.966 bits per heavy atom. The molecule has 0 atom stereocenters. The highest BCUT2D eigenvalue weighted by Gasteiger charge is 2.22. The van der Waals surface area contributed by atoms with Crippen molar-refractivity contribution in [2.24, 2.45) is 0 Å². The van der Waals surface area contributed by atoms with Crippen LogP contribution in [0.5, 0.6) is 0 Å². The van der Waals surface area contributed by atoms with Crippen LogP contribution in [-0.4, -0.2) is 51.4 Å². The molecular formula is C22H31N3O3S. The van der Waals surface area contributed by atoms with Crippen molar-refractivity contribution in [3.05, 3.63) is 59.7 Å². The quantitative estimate of drug-likeness (QED) is 0.644. The average molecular weight is 418 g/mol. The van der Waals surface area contributed by atoms with E-state index in [1.807, 2.05) is 6.07 Å². The lowest BCUT2D eigenvalue weighted by atomic mass is 10.2. The Hall–Kier alpha value is -2.38. The Morgan fingerprint density at radius 2 is 1.66 bits per heavy atom. The Morgan fingerprint density at radius 3 is 2.28 bits per heavy atom. The van der Waals surface area contributed by atoms with E-state index in [2.05, 4.69) is 42.3 Å². The van der Waals surface area contributed by atoms with E-state index >= 15 is 0 Å². The highest BCUT2D eigenvalue weighted by Crippen LogP contribution is 2.17. The number of nitrogens with one attached hydrogen (secondary N) is 1. The number of hydrogen-bond acceptors (Lipinski definition) is 4. The van der Waals surface area contributed by atoms with Gasteiger partial charge in [-0.15, -0.1) is 0 Å². The Balaban J connectivity index is 2.04. The summed E-state index contributed by atoms with van der Waals surface area (Å²) in [5.41, 5.74) is 2.65. The molecule has 2 aromatic rings. The number of rotatable bonds is 10. The van der Waals surface area contributed by atoms with Gasteiger partial charge in [0, 0.05) is 44.0 Å². The summed E-state index contributed by atoms with van der Waals surface area (Å²) in [5.74, 6) is -0.276. The van der Waals surface area contributed by atoms with E-state index in [0.29, 0.717) is 31.7 Å². The van der Waals surface area contributed by atoms with Gasteiger partial charge in [-0.3, -0.25) is 4.79 Å². The molecule has 0 saturated carbocycles. The second-order valence-corrected chi connectivity index (χ2v) is 8.73. The molecule has 1 N–H and O–H groups in total. The Kier molecular flexibility index (Phi) is 8.22. The van der Waals surface area contributed by atoms with Crippen LogP contribution in [-0.2, 0) is 10.0 Å². The molecule has 0 spiro atoms. The van der Waals surface area contributed by atoms with Gasteiger partial charge in [0.1, 0.15) is 0 Å². The van der Waals surface area contributed by atoms with Crippen molar-refractivity contribution in [3.8, 4) is 0 Å². The van der Waals surface area contributed by atoms with E-state index in [1.54, 1.807) is 26.0 Å². The molecule has 0 aromatic heterocycles. The fraction of sp³-hybridized carbons (Fsp3) is 0.409. The maximum Gasteiger partial charge on any atom is 0.251 e. The molecule has 0 heterocycles. The molecule has 0 unspecified atom stereocenters. The number of benzene rings is 2. The van der Waals surface area contributed by atoms with Crippen LogP contribution in [0.25, 0.3) is 0 Å². The molecule has 29 heavy (non-hydrogen) atoms. The van der Waals surface area contributed by atoms with Crippen LogP contribution >= 0.6 is 0 Å². The van der Waals surface area contributed by atoms with Gasteiger partial charge in [-0.1, -0.05) is 32.0 Å². The van der Waals surface area contributed by atoms with Gasteiger partial charge in [-0.2, -0.15) is 4.31 Å². The van der Waals surface area contributed by atoms with E-state index in [0.717, 1.165) is 12.2 Å². The normalized spacial score (nSPS) is 11.5. The number of amides is 1. The fourth-order valence-corrected chi connectivity index (χ4v) is 4.72. The SMILES string of the molecule is CCN(CCNC(=O)c1cccc(S(=O)(=O)N(CC)CC)c1)c1cccc(C)c1. The first kappa shape index (κ1) is 22.9. The maximum atomic E-state index is 12.7. The molecule has 7 heteroatoms. The third-order valence-corrected chi connectivity index (χ3v) is 6.90. The van der Waals surface area contributed by atoms with Crippen molar-refractivity contribution in [1.82, 2.24) is 9.62 Å². The van der Waals surface area contributed by atoms with Crippen LogP contribution in [0, 0.1) is 6.92 Å². The van der Waals surface area contributed by atoms with Crippen LogP contribution in [0.2, 0.25) is 0 Å². The van der Waals surface area contributed by atoms with Crippen molar-refractivity contribution < 1.29 is 13.2 Å². The number of nitrogens with zero attached hydrogens (tertiary/aromatic N) is 2. The molecule has 0 saturated heterocycles. The summed E-state index contributed by atoms with van der Waals surface area (Å²) in [6.45, 7) is 10.5. The van der Waals surface area contributed by atoms with Gasteiger partial charge in [-0.05, 0) is 49.7 Å². The maximum absolute atomic E-state index is 12.7. The second-order valence-electron chi connectivity index (χ2n) is 6.79. The van der Waals surface area contributed by atoms with Crippen molar-refractivity contribution in [1.29, 1.82) is 0 Å². The summed E-state index contributed by atoms with van der Waals surface area (Å²) in [5, 5.41) is 2.89. The Labute approximate surface area is 174 Å². The third-order valence-electron chi connectivity index (χ3n) is 4.86. The van der Waals surface area contributed by atoms with E-state index in [1.165, 1.54) is 22.0 Å². The second kappa shape index (κ2) is 10.4. The first-order valence-corrected chi connectivity index (χ1v) is 11.5. The molecule has 0 radical (unpaired) electrons. The average Bonchev–Trinajstić information content (AvgIpc) is 2.72. The van der Waals surface area contributed by atoms with Crippen LogP contribution in [0.3, 0.4) is 0 Å². The summed E-state index contributed by atoms with van der Waals surface area (Å²) in [7, 11) is -3.59. The summed E-state index contributed by atoms with van der Waals surface area (Å²) < 4.78 is 26.7. The van der Waals surface area contributed by atoms with Gasteiger partial charge >= 0.3 is 0 Å². The van der Waals surface area contributed by atoms with E-state index in [-0.39, 0.29) is 10.8 Å². The molecule has 0 aliphatic rings. The predicted molar refractivity (Wildman–Crippen MR) is 118 cm³/mol. The smallest absolute Gasteiger partial charge is 0.251 e. The van der Waals surface area contributed by atoms with Crippen LogP contribution in [0.4, 0.5) is 5.69 Å². The molecule has 2 aromatic carbocycles. The lowest BCUT2D eigenvalue weighted by Gasteiger charge is -2.23. The molecule has 6 nitrogen and oxygen atoms in total. The molecular weight excluding hydrogens is 386 g/mol. The zero-order valence-electron chi connectivity index (χ0n) is 17.7. The van der Waals surface area contributed by atoms with E-state index < -0.39 is 10.0 Å². The zero-order valence-corrected chi connectivity index (χ0v) is 18.5. The van der Waals surface area contributed by atoms with Gasteiger partial charge in [0.05, 0.1) is 4.90 Å². The van der Waals surface area contributed by atoms with Gasteiger partial charge in [0.25, 0.3) is 5.91 Å². The minimum Gasteiger partial charge on any atom is -0.370 e. The minimum atomic E-state index is -3.59. The van der Waals surface area contributed by atoms with Crippen LogP contribution < -0.4 is 10.2 Å². The molecule has 0 fully saturated rings. The number of carbonyl (C=O) groups is 1. The third kappa shape index (κ3) is 5.81. The van der Waals surface area contributed by atoms with Crippen LogP contribution in [0.1, 0.15) is 36.7 Å². The molecule has 0 aliphatic heterocycles. The summed E-state index contributed by atoms with van der Waals surface area (Å²) in [6.07, 6.45) is 0. The Bertz CT molecular complexity index is 924. The van der Waals surface area contributed by atoms with Crippen molar-refractivity contribution in [2.75, 3.05) is 37.6 Å². The standard InChI is InChI=1S/C22H31N3O3S/c1-5-24(20-12-8-10-18(4)16-20)15-14-23-22(26)19-11-9-13-21(17-19)29(27,28)25(6-2)7-3/h8-13,16-17H,5-7,14-15H2,1-4H3,(H,23,26). The summed E-state index contributed by atoms with van der Waals surface area (Å²) in [4.78, 5) is 14.9. The predicted octanol–water partition coefficient (Wildman–Crippen LogP) is 3.28. The highest BCUT2D eigenvalue weighted by molar-refractivity contribution is 7.89. The van der Waals surface area contributed by atoms with Crippen LogP contribution in [0.15, 0.2) is 53.4 Å². The highest BCUT2D eigenvalue weighted by atomic mass is 32.2. The van der Waals surface area contributed by atoms with Gasteiger partial charge in [0.2, 0.25) is 10.0 Å². The number of aryl methyl sites for hydroxylation is 1. The number of carbonyl (C=O) groups excluding carboxylic acids is 1. The lowest BCUT2D eigenvalue weighted by molar-refractivity contribution is 0.0954. The van der Waals surface area contributed by atoms with Gasteiger partial charge in [0.15, 0.2) is 0 Å². The monoisotopic (exact) mass is 417 g/mol. The van der Waals surface area contributed by atoms with Crippen molar-refractivity contribution >= 4 is 21.6 Å². The van der Waals surface area contributed by atoms with E-state index in [9.17, 15) is 13.2 Å². The van der Waals surface area contributed by atoms with Crippen molar-refractivity contribution in [2.45, 2.75) is 32.6 Å². The number of sulfonamides is 1. The zero-order chi connectivity index (χ0) is 21.4. The fourth-order valence-electron chi connectivity index (χ4n) is 3.21. The minimum absolute atomic E-state index is 0.142. The molecule has 2 rings (SSSR count). The lowest BCUT2D eigenvalue weighted by Crippen LogP contribution is -2.35. The first-order valence-electron chi connectivity index (χ1n) is 10.0. The molecule has 158 valence electrons. The van der Waals surface area contributed by atoms with Crippen molar-refractivity contribution in [3.63, 3.8) is 0 Å². The number of anilines is 1. The topological polar surface area (TPSA) is 69.7 Å². The molecule has 1 amide bonds. The largest absolute Gasteiger partial charge is 0.370 e. The number of hydrogen-bond donors (Lipinski definition) is 1. The number of likely N-dealkylation sites (N-methyl/N-ethyl adjacent to an activating group) is 1. The van der Waals surface area contributed by atoms with Gasteiger partial charge in [-0.25, -0.2) is 8.42 Å². The van der Waals surface area contributed by atoms with E-state index in [4.69, 9.17) is 0 Å². The summed E-state index contributed by atoms with van der Waals surface area (Å²) >= 11 is 0. The molecule has 0 bridgehead atoms. The molecule has 0 aliphatic carbocycles. The summed E-state index contributed by atoms with van der Waals surface area (Å²) in [6, 6.07) is 14.5. The van der Waals surface area contributed by atoms with Gasteiger partial charge < -0.3 is 10.2 Å².